The van der Waals surface area contributed by atoms with Crippen molar-refractivity contribution in [2.45, 2.75) is 38.8 Å². The van der Waals surface area contributed by atoms with E-state index in [0.29, 0.717) is 0 Å². The smallest absolute Gasteiger partial charge is 0.269 e. The average molecular weight is 383 g/mol. The van der Waals surface area contributed by atoms with Gasteiger partial charge in [0.15, 0.2) is 0 Å². The van der Waals surface area contributed by atoms with Crippen molar-refractivity contribution in [2.75, 3.05) is 31.9 Å². The predicted octanol–water partition coefficient (Wildman–Crippen LogP) is 4.06. The van der Waals surface area contributed by atoms with Gasteiger partial charge in [-0.3, -0.25) is 19.9 Å². The number of rotatable bonds is 5. The molecule has 150 valence electrons. The molecule has 0 aliphatic carbocycles. The van der Waals surface area contributed by atoms with Crippen LogP contribution in [0.25, 0.3) is 0 Å². The Balaban J connectivity index is 0.000000162. The third-order valence-corrected chi connectivity index (χ3v) is 5.34. The second-order valence-corrected chi connectivity index (χ2v) is 7.63. The van der Waals surface area contributed by atoms with Crippen LogP contribution in [0.4, 0.5) is 11.4 Å². The minimum absolute atomic E-state index is 0.167. The Kier molecular flexibility index (Phi) is 7.39. The molecule has 2 fully saturated rings. The number of nitrogen functional groups attached to an aromatic ring is 1. The van der Waals surface area contributed by atoms with E-state index in [1.165, 1.54) is 44.3 Å². The van der Waals surface area contributed by atoms with Crippen molar-refractivity contribution in [1.29, 1.82) is 0 Å². The maximum absolute atomic E-state index is 10.5. The summed E-state index contributed by atoms with van der Waals surface area (Å²) in [5, 5.41) is 10.5. The molecule has 4 rings (SSSR count). The molecule has 0 radical (unpaired) electrons. The van der Waals surface area contributed by atoms with E-state index in [1.54, 1.807) is 12.1 Å². The van der Waals surface area contributed by atoms with Crippen LogP contribution in [0, 0.1) is 10.1 Å². The molecule has 2 aromatic rings. The Labute approximate surface area is 167 Å². The van der Waals surface area contributed by atoms with E-state index >= 15 is 0 Å². The normalized spacial score (nSPS) is 17.3. The highest BCUT2D eigenvalue weighted by Crippen LogP contribution is 2.16. The first-order chi connectivity index (χ1) is 13.6. The van der Waals surface area contributed by atoms with Crippen molar-refractivity contribution in [2.24, 2.45) is 0 Å². The molecule has 28 heavy (non-hydrogen) atoms. The van der Waals surface area contributed by atoms with Gasteiger partial charge < -0.3 is 5.73 Å². The molecule has 6 nitrogen and oxygen atoms in total. The molecule has 0 bridgehead atoms. The zero-order valence-electron chi connectivity index (χ0n) is 16.4. The Hall–Kier alpha value is -2.44. The van der Waals surface area contributed by atoms with E-state index in [4.69, 9.17) is 5.73 Å². The number of non-ortho nitro benzene ring substituents is 1. The van der Waals surface area contributed by atoms with Crippen LogP contribution in [0.1, 0.15) is 36.8 Å². The molecule has 2 N–H and O–H groups in total. The van der Waals surface area contributed by atoms with Gasteiger partial charge in [0.1, 0.15) is 0 Å². The summed E-state index contributed by atoms with van der Waals surface area (Å²) in [5.41, 5.74) is 9.17. The third kappa shape index (κ3) is 6.32. The number of likely N-dealkylation sites (tertiary alicyclic amines) is 2. The Bertz CT molecular complexity index is 734. The highest BCUT2D eigenvalue weighted by molar-refractivity contribution is 5.39. The zero-order valence-corrected chi connectivity index (χ0v) is 16.4. The molecule has 2 saturated heterocycles. The van der Waals surface area contributed by atoms with Crippen LogP contribution in [0.3, 0.4) is 0 Å². The number of anilines is 1. The predicted molar refractivity (Wildman–Crippen MR) is 113 cm³/mol. The molecule has 0 saturated carbocycles. The van der Waals surface area contributed by atoms with E-state index in [0.717, 1.165) is 37.4 Å². The number of nitrogens with two attached hydrogens (primary N) is 1. The Morgan fingerprint density at radius 1 is 0.750 bits per heavy atom. The van der Waals surface area contributed by atoms with Crippen molar-refractivity contribution in [3.8, 4) is 0 Å². The standard InChI is InChI=1S/C11H14N2O2.C11H16N2/c14-13(15)11-5-3-10(4-6-11)9-12-7-1-2-8-12;12-11-5-3-10(4-6-11)9-13-7-1-2-8-13/h3-6H,1-2,7-9H2;3-6H,1-2,7-9,12H2. The highest BCUT2D eigenvalue weighted by Gasteiger charge is 2.12. The monoisotopic (exact) mass is 382 g/mol. The van der Waals surface area contributed by atoms with Gasteiger partial charge in [0.25, 0.3) is 5.69 Å². The van der Waals surface area contributed by atoms with Crippen molar-refractivity contribution >= 4 is 11.4 Å². The summed E-state index contributed by atoms with van der Waals surface area (Å²) in [4.78, 5) is 15.0. The number of nitro groups is 1. The van der Waals surface area contributed by atoms with Gasteiger partial charge in [0.05, 0.1) is 4.92 Å². The second kappa shape index (κ2) is 10.2. The lowest BCUT2D eigenvalue weighted by Gasteiger charge is -2.14. The molecular weight excluding hydrogens is 352 g/mol. The molecule has 2 heterocycles. The molecule has 2 aliphatic rings. The van der Waals surface area contributed by atoms with Crippen molar-refractivity contribution < 1.29 is 4.92 Å². The van der Waals surface area contributed by atoms with Crippen LogP contribution >= 0.6 is 0 Å². The van der Waals surface area contributed by atoms with Crippen LogP contribution in [0.15, 0.2) is 48.5 Å². The number of benzene rings is 2. The molecule has 0 amide bonds. The summed E-state index contributed by atoms with van der Waals surface area (Å²) in [6.07, 6.45) is 5.25. The lowest BCUT2D eigenvalue weighted by molar-refractivity contribution is -0.384. The summed E-state index contributed by atoms with van der Waals surface area (Å²) >= 11 is 0. The lowest BCUT2D eigenvalue weighted by atomic mass is 10.2. The first kappa shape index (κ1) is 20.3. The molecule has 6 heteroatoms. The molecular formula is C22H30N4O2. The van der Waals surface area contributed by atoms with Crippen LogP contribution in [0.5, 0.6) is 0 Å². The first-order valence-electron chi connectivity index (χ1n) is 10.1. The molecule has 0 aromatic heterocycles. The van der Waals surface area contributed by atoms with Crippen molar-refractivity contribution in [3.05, 3.63) is 69.8 Å². The fraction of sp³-hybridized carbons (Fsp3) is 0.455. The van der Waals surface area contributed by atoms with Crippen LogP contribution in [-0.2, 0) is 13.1 Å². The van der Waals surface area contributed by atoms with Crippen LogP contribution in [-0.4, -0.2) is 40.9 Å². The number of hydrogen-bond donors (Lipinski definition) is 1. The van der Waals surface area contributed by atoms with Gasteiger partial charge in [-0.1, -0.05) is 24.3 Å². The molecule has 0 unspecified atom stereocenters. The van der Waals surface area contributed by atoms with Crippen LogP contribution in [0.2, 0.25) is 0 Å². The van der Waals surface area contributed by atoms with Gasteiger partial charge in [-0.2, -0.15) is 0 Å². The fourth-order valence-corrected chi connectivity index (χ4v) is 3.74. The van der Waals surface area contributed by atoms with Gasteiger partial charge in [0.2, 0.25) is 0 Å². The fourth-order valence-electron chi connectivity index (χ4n) is 3.74. The van der Waals surface area contributed by atoms with Gasteiger partial charge in [-0.15, -0.1) is 0 Å². The Morgan fingerprint density at radius 2 is 1.14 bits per heavy atom. The van der Waals surface area contributed by atoms with Gasteiger partial charge in [-0.25, -0.2) is 0 Å². The van der Waals surface area contributed by atoms with Gasteiger partial charge in [-0.05, 0) is 75.1 Å². The van der Waals surface area contributed by atoms with Crippen molar-refractivity contribution in [3.63, 3.8) is 0 Å². The number of nitrogens with zero attached hydrogens (tertiary/aromatic N) is 3. The minimum Gasteiger partial charge on any atom is -0.399 e. The molecule has 2 aromatic carbocycles. The Morgan fingerprint density at radius 3 is 1.54 bits per heavy atom. The first-order valence-corrected chi connectivity index (χ1v) is 10.1. The summed E-state index contributed by atoms with van der Waals surface area (Å²) in [7, 11) is 0. The maximum atomic E-state index is 10.5. The largest absolute Gasteiger partial charge is 0.399 e. The lowest BCUT2D eigenvalue weighted by Crippen LogP contribution is -2.18. The van der Waals surface area contributed by atoms with E-state index in [9.17, 15) is 10.1 Å². The van der Waals surface area contributed by atoms with E-state index in [-0.39, 0.29) is 10.6 Å². The van der Waals surface area contributed by atoms with Gasteiger partial charge in [0, 0.05) is 30.9 Å². The maximum Gasteiger partial charge on any atom is 0.269 e. The zero-order chi connectivity index (χ0) is 19.8. The topological polar surface area (TPSA) is 75.6 Å². The van der Waals surface area contributed by atoms with E-state index in [1.807, 2.05) is 24.3 Å². The SMILES string of the molecule is Nc1ccc(CN2CCCC2)cc1.O=[N+]([O-])c1ccc(CN2CCCC2)cc1. The van der Waals surface area contributed by atoms with Crippen molar-refractivity contribution in [1.82, 2.24) is 9.80 Å². The number of hydrogen-bond acceptors (Lipinski definition) is 5. The molecule has 0 atom stereocenters. The summed E-state index contributed by atoms with van der Waals surface area (Å²) in [5.74, 6) is 0. The highest BCUT2D eigenvalue weighted by atomic mass is 16.6. The third-order valence-electron chi connectivity index (χ3n) is 5.34. The van der Waals surface area contributed by atoms with E-state index < -0.39 is 0 Å². The molecule has 2 aliphatic heterocycles. The van der Waals surface area contributed by atoms with E-state index in [2.05, 4.69) is 21.9 Å². The summed E-state index contributed by atoms with van der Waals surface area (Å²) < 4.78 is 0. The van der Waals surface area contributed by atoms with Gasteiger partial charge >= 0.3 is 0 Å². The summed E-state index contributed by atoms with van der Waals surface area (Å²) in [6, 6.07) is 15.0. The van der Waals surface area contributed by atoms with Crippen LogP contribution < -0.4 is 5.73 Å². The second-order valence-electron chi connectivity index (χ2n) is 7.63. The average Bonchev–Trinajstić information content (AvgIpc) is 3.39. The molecule has 0 spiro atoms. The summed E-state index contributed by atoms with van der Waals surface area (Å²) in [6.45, 7) is 6.81. The number of nitro benzene ring substituents is 1. The quantitative estimate of drug-likeness (QED) is 0.479. The minimum atomic E-state index is -0.361.